The minimum Gasteiger partial charge on any atom is -0.472 e. The van der Waals surface area contributed by atoms with Crippen LogP contribution in [0.3, 0.4) is 0 Å². The Morgan fingerprint density at radius 2 is 2.33 bits per heavy atom. The minimum atomic E-state index is 0.704. The number of rotatable bonds is 7. The summed E-state index contributed by atoms with van der Waals surface area (Å²) in [6, 6.07) is 2.02. The average Bonchev–Trinajstić information content (AvgIpc) is 2.69. The minimum absolute atomic E-state index is 0.704. The summed E-state index contributed by atoms with van der Waals surface area (Å²) >= 11 is 4.39. The highest BCUT2D eigenvalue weighted by Gasteiger charge is 2.09. The van der Waals surface area contributed by atoms with Gasteiger partial charge in [0.15, 0.2) is 0 Å². The van der Waals surface area contributed by atoms with Crippen molar-refractivity contribution in [2.45, 2.75) is 26.3 Å². The summed E-state index contributed by atoms with van der Waals surface area (Å²) in [7, 11) is 2.15. The smallest absolute Gasteiger partial charge is 0.0947 e. The van der Waals surface area contributed by atoms with Crippen molar-refractivity contribution in [3.05, 3.63) is 24.2 Å². The highest BCUT2D eigenvalue weighted by molar-refractivity contribution is 7.80. The van der Waals surface area contributed by atoms with Gasteiger partial charge in [-0.05, 0) is 31.2 Å². The molecule has 3 heteroatoms. The molecule has 0 aliphatic rings. The van der Waals surface area contributed by atoms with Crippen molar-refractivity contribution in [3.63, 3.8) is 0 Å². The van der Waals surface area contributed by atoms with E-state index in [2.05, 4.69) is 31.5 Å². The first-order valence-corrected chi connectivity index (χ1v) is 6.20. The Morgan fingerprint density at radius 1 is 1.53 bits per heavy atom. The molecule has 2 nitrogen and oxygen atoms in total. The molecule has 1 aromatic rings. The molecule has 0 spiro atoms. The third-order valence-electron chi connectivity index (χ3n) is 2.56. The molecule has 0 fully saturated rings. The van der Waals surface area contributed by atoms with Gasteiger partial charge in [0, 0.05) is 18.7 Å². The zero-order chi connectivity index (χ0) is 11.1. The summed E-state index contributed by atoms with van der Waals surface area (Å²) in [6.45, 7) is 4.31. The van der Waals surface area contributed by atoms with Gasteiger partial charge in [-0.25, -0.2) is 0 Å². The maximum atomic E-state index is 5.05. The van der Waals surface area contributed by atoms with Gasteiger partial charge in [0.25, 0.3) is 0 Å². The number of hydrogen-bond acceptors (Lipinski definition) is 3. The van der Waals surface area contributed by atoms with E-state index in [-0.39, 0.29) is 0 Å². The van der Waals surface area contributed by atoms with Gasteiger partial charge in [-0.1, -0.05) is 13.3 Å². The highest BCUT2D eigenvalue weighted by atomic mass is 32.1. The van der Waals surface area contributed by atoms with Gasteiger partial charge in [0.05, 0.1) is 12.5 Å². The van der Waals surface area contributed by atoms with Crippen molar-refractivity contribution in [1.82, 2.24) is 4.90 Å². The molecule has 0 saturated carbocycles. The topological polar surface area (TPSA) is 16.4 Å². The number of furan rings is 1. The largest absolute Gasteiger partial charge is 0.472 e. The fraction of sp³-hybridized carbons (Fsp3) is 0.667. The molecule has 0 N–H and O–H groups in total. The Bertz CT molecular complexity index is 248. The zero-order valence-corrected chi connectivity index (χ0v) is 10.5. The summed E-state index contributed by atoms with van der Waals surface area (Å²) in [4.78, 5) is 2.33. The van der Waals surface area contributed by atoms with Crippen LogP contribution in [0.4, 0.5) is 0 Å². The molecule has 1 unspecified atom stereocenters. The fourth-order valence-electron chi connectivity index (χ4n) is 1.85. The fourth-order valence-corrected chi connectivity index (χ4v) is 2.15. The Labute approximate surface area is 98.1 Å². The number of hydrogen-bond donors (Lipinski definition) is 1. The lowest BCUT2D eigenvalue weighted by atomic mass is 10.1. The predicted molar refractivity (Wildman–Crippen MR) is 67.3 cm³/mol. The Kier molecular flexibility index (Phi) is 5.88. The van der Waals surface area contributed by atoms with Gasteiger partial charge < -0.3 is 9.32 Å². The molecule has 0 aliphatic heterocycles. The van der Waals surface area contributed by atoms with E-state index in [0.717, 1.165) is 18.8 Å². The molecular weight excluding hydrogens is 206 g/mol. The second-order valence-electron chi connectivity index (χ2n) is 4.17. The Hall–Kier alpha value is -0.410. The summed E-state index contributed by atoms with van der Waals surface area (Å²) in [5, 5.41) is 0. The van der Waals surface area contributed by atoms with Gasteiger partial charge in [0.2, 0.25) is 0 Å². The lowest BCUT2D eigenvalue weighted by Gasteiger charge is -2.21. The third kappa shape index (κ3) is 4.76. The van der Waals surface area contributed by atoms with Crippen LogP contribution in [0.25, 0.3) is 0 Å². The molecule has 0 amide bonds. The molecule has 86 valence electrons. The van der Waals surface area contributed by atoms with Crippen LogP contribution in [-0.2, 0) is 6.54 Å². The Balaban J connectivity index is 2.30. The monoisotopic (exact) mass is 227 g/mol. The summed E-state index contributed by atoms with van der Waals surface area (Å²) in [6.07, 6.45) is 6.04. The van der Waals surface area contributed by atoms with Crippen LogP contribution in [0.2, 0.25) is 0 Å². The molecule has 1 aromatic heterocycles. The first kappa shape index (κ1) is 12.7. The van der Waals surface area contributed by atoms with Crippen LogP contribution >= 0.6 is 12.6 Å². The normalized spacial score (nSPS) is 13.3. The van der Waals surface area contributed by atoms with Gasteiger partial charge in [-0.15, -0.1) is 0 Å². The van der Waals surface area contributed by atoms with Gasteiger partial charge in [-0.3, -0.25) is 0 Å². The van der Waals surface area contributed by atoms with Crippen molar-refractivity contribution in [2.24, 2.45) is 5.92 Å². The standard InChI is InChI=1S/C12H21NOS/c1-3-4-12(10-15)8-13(2)7-11-5-6-14-9-11/h5-6,9,12,15H,3-4,7-8,10H2,1-2H3. The average molecular weight is 227 g/mol. The van der Waals surface area contributed by atoms with E-state index in [0.29, 0.717) is 5.92 Å². The van der Waals surface area contributed by atoms with Crippen LogP contribution in [0.5, 0.6) is 0 Å². The molecule has 1 rings (SSSR count). The molecule has 1 heterocycles. The molecule has 0 saturated heterocycles. The van der Waals surface area contributed by atoms with E-state index in [9.17, 15) is 0 Å². The maximum Gasteiger partial charge on any atom is 0.0947 e. The zero-order valence-electron chi connectivity index (χ0n) is 9.65. The molecular formula is C12H21NOS. The molecule has 15 heavy (non-hydrogen) atoms. The van der Waals surface area contributed by atoms with Gasteiger partial charge in [-0.2, -0.15) is 12.6 Å². The number of thiol groups is 1. The van der Waals surface area contributed by atoms with E-state index in [1.807, 2.05) is 12.3 Å². The molecule has 0 bridgehead atoms. The van der Waals surface area contributed by atoms with E-state index in [1.165, 1.54) is 18.4 Å². The third-order valence-corrected chi connectivity index (χ3v) is 3.07. The van der Waals surface area contributed by atoms with Crippen molar-refractivity contribution in [1.29, 1.82) is 0 Å². The van der Waals surface area contributed by atoms with E-state index < -0.39 is 0 Å². The highest BCUT2D eigenvalue weighted by Crippen LogP contribution is 2.12. The Morgan fingerprint density at radius 3 is 2.87 bits per heavy atom. The second kappa shape index (κ2) is 6.96. The molecule has 1 atom stereocenters. The predicted octanol–water partition coefficient (Wildman–Crippen LogP) is 3.06. The molecule has 0 radical (unpaired) electrons. The van der Waals surface area contributed by atoms with E-state index in [1.54, 1.807) is 6.26 Å². The van der Waals surface area contributed by atoms with Gasteiger partial charge in [0.1, 0.15) is 0 Å². The summed E-state index contributed by atoms with van der Waals surface area (Å²) < 4.78 is 5.05. The van der Waals surface area contributed by atoms with Crippen molar-refractivity contribution in [2.75, 3.05) is 19.3 Å². The lowest BCUT2D eigenvalue weighted by molar-refractivity contribution is 0.272. The van der Waals surface area contributed by atoms with Crippen LogP contribution in [0.1, 0.15) is 25.3 Å². The van der Waals surface area contributed by atoms with Crippen LogP contribution in [0, 0.1) is 5.92 Å². The molecule has 0 aromatic carbocycles. The molecule has 0 aliphatic carbocycles. The maximum absolute atomic E-state index is 5.05. The van der Waals surface area contributed by atoms with Crippen molar-refractivity contribution < 1.29 is 4.42 Å². The lowest BCUT2D eigenvalue weighted by Crippen LogP contribution is -2.26. The van der Waals surface area contributed by atoms with Crippen LogP contribution in [-0.4, -0.2) is 24.2 Å². The first-order chi connectivity index (χ1) is 7.26. The number of nitrogens with zero attached hydrogens (tertiary/aromatic N) is 1. The van der Waals surface area contributed by atoms with Crippen LogP contribution in [0.15, 0.2) is 23.0 Å². The van der Waals surface area contributed by atoms with E-state index in [4.69, 9.17) is 4.42 Å². The van der Waals surface area contributed by atoms with Gasteiger partial charge >= 0.3 is 0 Å². The van der Waals surface area contributed by atoms with Crippen molar-refractivity contribution in [3.8, 4) is 0 Å². The van der Waals surface area contributed by atoms with Crippen molar-refractivity contribution >= 4 is 12.6 Å². The quantitative estimate of drug-likeness (QED) is 0.721. The first-order valence-electron chi connectivity index (χ1n) is 5.56. The summed E-state index contributed by atoms with van der Waals surface area (Å²) in [5.41, 5.74) is 1.24. The SMILES string of the molecule is CCCC(CS)CN(C)Cc1ccoc1. The summed E-state index contributed by atoms with van der Waals surface area (Å²) in [5.74, 6) is 1.68. The van der Waals surface area contributed by atoms with Crippen LogP contribution < -0.4 is 0 Å². The van der Waals surface area contributed by atoms with E-state index >= 15 is 0 Å². The second-order valence-corrected chi connectivity index (χ2v) is 4.53.